The van der Waals surface area contributed by atoms with E-state index in [4.69, 9.17) is 4.98 Å². The minimum absolute atomic E-state index is 0.0204. The molecule has 132 valence electrons. The van der Waals surface area contributed by atoms with E-state index in [1.54, 1.807) is 35.9 Å². The second-order valence-electron chi connectivity index (χ2n) is 6.24. The van der Waals surface area contributed by atoms with Crippen LogP contribution in [0.5, 0.6) is 0 Å². The number of amides is 2. The summed E-state index contributed by atoms with van der Waals surface area (Å²) >= 11 is 1.65. The van der Waals surface area contributed by atoms with Gasteiger partial charge in [-0.3, -0.25) is 14.6 Å². The average Bonchev–Trinajstić information content (AvgIpc) is 3.10. The topological polar surface area (TPSA) is 75.2 Å². The molecule has 6 nitrogen and oxygen atoms in total. The zero-order chi connectivity index (χ0) is 17.6. The molecule has 0 aromatic carbocycles. The highest BCUT2D eigenvalue weighted by Crippen LogP contribution is 2.30. The standard InChI is InChI=1S/C18H22N4O2S/c1-13(23)20-9-6-16-12-25-17(21-16)15-3-2-10-22(11-15)18(24)14-4-7-19-8-5-14/h4-5,7-8,12,15H,2-3,6,9-11H2,1H3,(H,20,23)/t15-/m0/s1. The summed E-state index contributed by atoms with van der Waals surface area (Å²) in [6, 6.07) is 3.52. The van der Waals surface area contributed by atoms with E-state index in [0.29, 0.717) is 24.6 Å². The smallest absolute Gasteiger partial charge is 0.253 e. The Morgan fingerprint density at radius 2 is 2.16 bits per heavy atom. The second-order valence-corrected chi connectivity index (χ2v) is 7.13. The SMILES string of the molecule is CC(=O)NCCc1csc([C@H]2CCCN(C(=O)c3ccncc3)C2)n1. The number of hydrogen-bond acceptors (Lipinski definition) is 5. The van der Waals surface area contributed by atoms with Crippen LogP contribution < -0.4 is 5.32 Å². The molecular formula is C18H22N4O2S. The lowest BCUT2D eigenvalue weighted by molar-refractivity contribution is -0.118. The summed E-state index contributed by atoms with van der Waals surface area (Å²) in [4.78, 5) is 34.2. The number of carbonyl (C=O) groups is 2. The van der Waals surface area contributed by atoms with Crippen molar-refractivity contribution in [3.8, 4) is 0 Å². The molecule has 2 amide bonds. The van der Waals surface area contributed by atoms with Crippen molar-refractivity contribution < 1.29 is 9.59 Å². The van der Waals surface area contributed by atoms with Crippen molar-refractivity contribution in [2.75, 3.05) is 19.6 Å². The highest BCUT2D eigenvalue weighted by atomic mass is 32.1. The quantitative estimate of drug-likeness (QED) is 0.889. The predicted molar refractivity (Wildman–Crippen MR) is 96.6 cm³/mol. The van der Waals surface area contributed by atoms with Gasteiger partial charge in [-0.2, -0.15) is 0 Å². The zero-order valence-corrected chi connectivity index (χ0v) is 15.1. The molecule has 0 radical (unpaired) electrons. The van der Waals surface area contributed by atoms with Crippen molar-refractivity contribution in [1.29, 1.82) is 0 Å². The van der Waals surface area contributed by atoms with Gasteiger partial charge in [0.2, 0.25) is 5.91 Å². The fourth-order valence-corrected chi connectivity index (χ4v) is 4.01. The summed E-state index contributed by atoms with van der Waals surface area (Å²) in [5.74, 6) is 0.335. The second kappa shape index (κ2) is 8.20. The van der Waals surface area contributed by atoms with Crippen LogP contribution in [0.3, 0.4) is 0 Å². The number of rotatable bonds is 5. The fourth-order valence-electron chi connectivity index (χ4n) is 3.03. The molecule has 0 bridgehead atoms. The van der Waals surface area contributed by atoms with Gasteiger partial charge in [0.1, 0.15) is 0 Å². The molecule has 0 aliphatic carbocycles. The molecule has 1 saturated heterocycles. The van der Waals surface area contributed by atoms with Crippen LogP contribution in [0.25, 0.3) is 0 Å². The molecule has 25 heavy (non-hydrogen) atoms. The summed E-state index contributed by atoms with van der Waals surface area (Å²) in [6.07, 6.45) is 6.08. The molecule has 0 spiro atoms. The Morgan fingerprint density at radius 1 is 1.36 bits per heavy atom. The van der Waals surface area contributed by atoms with Crippen molar-refractivity contribution in [3.63, 3.8) is 0 Å². The lowest BCUT2D eigenvalue weighted by atomic mass is 9.98. The number of aromatic nitrogens is 2. The number of nitrogens with zero attached hydrogens (tertiary/aromatic N) is 3. The molecule has 2 aromatic rings. The van der Waals surface area contributed by atoms with E-state index in [-0.39, 0.29) is 11.8 Å². The summed E-state index contributed by atoms with van der Waals surface area (Å²) < 4.78 is 0. The molecule has 1 aliphatic heterocycles. The normalized spacial score (nSPS) is 17.3. The van der Waals surface area contributed by atoms with Crippen molar-refractivity contribution >= 4 is 23.2 Å². The van der Waals surface area contributed by atoms with Crippen molar-refractivity contribution in [1.82, 2.24) is 20.2 Å². The Hall–Kier alpha value is -2.28. The first kappa shape index (κ1) is 17.5. The van der Waals surface area contributed by atoms with Crippen LogP contribution in [-0.4, -0.2) is 46.3 Å². The molecule has 1 fully saturated rings. The van der Waals surface area contributed by atoms with E-state index >= 15 is 0 Å². The summed E-state index contributed by atoms with van der Waals surface area (Å²) in [5, 5.41) is 5.94. The van der Waals surface area contributed by atoms with Gasteiger partial charge in [0.05, 0.1) is 10.7 Å². The number of thiazole rings is 1. The number of likely N-dealkylation sites (tertiary alicyclic amines) is 1. The molecule has 1 atom stereocenters. The van der Waals surface area contributed by atoms with Crippen LogP contribution in [0.1, 0.15) is 46.7 Å². The van der Waals surface area contributed by atoms with Gasteiger partial charge in [0.15, 0.2) is 0 Å². The van der Waals surface area contributed by atoms with E-state index in [9.17, 15) is 9.59 Å². The molecule has 0 saturated carbocycles. The van der Waals surface area contributed by atoms with E-state index < -0.39 is 0 Å². The minimum atomic E-state index is -0.0204. The van der Waals surface area contributed by atoms with E-state index in [1.807, 2.05) is 4.90 Å². The highest BCUT2D eigenvalue weighted by molar-refractivity contribution is 7.09. The zero-order valence-electron chi connectivity index (χ0n) is 14.3. The Balaban J connectivity index is 1.61. The highest BCUT2D eigenvalue weighted by Gasteiger charge is 2.27. The maximum absolute atomic E-state index is 12.6. The third kappa shape index (κ3) is 4.63. The van der Waals surface area contributed by atoms with Gasteiger partial charge in [-0.15, -0.1) is 11.3 Å². The third-order valence-electron chi connectivity index (χ3n) is 4.31. The van der Waals surface area contributed by atoms with Crippen LogP contribution in [0, 0.1) is 0 Å². The molecule has 3 heterocycles. The Kier molecular flexibility index (Phi) is 5.75. The maximum Gasteiger partial charge on any atom is 0.253 e. The fraction of sp³-hybridized carbons (Fsp3) is 0.444. The van der Waals surface area contributed by atoms with Gasteiger partial charge in [0, 0.05) is 62.2 Å². The lowest BCUT2D eigenvalue weighted by Crippen LogP contribution is -2.39. The number of hydrogen-bond donors (Lipinski definition) is 1. The molecule has 1 N–H and O–H groups in total. The number of nitrogens with one attached hydrogen (secondary N) is 1. The first-order valence-electron chi connectivity index (χ1n) is 8.51. The molecule has 3 rings (SSSR count). The third-order valence-corrected chi connectivity index (χ3v) is 5.37. The number of pyridine rings is 1. The van der Waals surface area contributed by atoms with Gasteiger partial charge in [-0.05, 0) is 25.0 Å². The van der Waals surface area contributed by atoms with E-state index in [0.717, 1.165) is 36.5 Å². The predicted octanol–water partition coefficient (Wildman–Crippen LogP) is 2.24. The number of carbonyl (C=O) groups excluding carboxylic acids is 2. The first-order chi connectivity index (χ1) is 12.1. The summed E-state index contributed by atoms with van der Waals surface area (Å²) in [6.45, 7) is 3.62. The first-order valence-corrected chi connectivity index (χ1v) is 9.39. The van der Waals surface area contributed by atoms with Crippen LogP contribution in [-0.2, 0) is 11.2 Å². The van der Waals surface area contributed by atoms with Gasteiger partial charge in [-0.1, -0.05) is 0 Å². The van der Waals surface area contributed by atoms with E-state index in [2.05, 4.69) is 15.7 Å². The summed E-state index contributed by atoms with van der Waals surface area (Å²) in [5.41, 5.74) is 1.69. The Bertz CT molecular complexity index is 732. The van der Waals surface area contributed by atoms with Gasteiger partial charge in [-0.25, -0.2) is 4.98 Å². The Morgan fingerprint density at radius 3 is 2.92 bits per heavy atom. The van der Waals surface area contributed by atoms with Gasteiger partial charge >= 0.3 is 0 Å². The van der Waals surface area contributed by atoms with Crippen LogP contribution >= 0.6 is 11.3 Å². The lowest BCUT2D eigenvalue weighted by Gasteiger charge is -2.31. The van der Waals surface area contributed by atoms with Gasteiger partial charge < -0.3 is 10.2 Å². The Labute approximate surface area is 151 Å². The monoisotopic (exact) mass is 358 g/mol. The van der Waals surface area contributed by atoms with Gasteiger partial charge in [0.25, 0.3) is 5.91 Å². The van der Waals surface area contributed by atoms with Crippen LogP contribution in [0.15, 0.2) is 29.9 Å². The average molecular weight is 358 g/mol. The largest absolute Gasteiger partial charge is 0.356 e. The van der Waals surface area contributed by atoms with Crippen LogP contribution in [0.4, 0.5) is 0 Å². The molecule has 2 aromatic heterocycles. The van der Waals surface area contributed by atoms with E-state index in [1.165, 1.54) is 6.92 Å². The molecule has 7 heteroatoms. The van der Waals surface area contributed by atoms with Crippen molar-refractivity contribution in [3.05, 3.63) is 46.2 Å². The van der Waals surface area contributed by atoms with Crippen LogP contribution in [0.2, 0.25) is 0 Å². The van der Waals surface area contributed by atoms with Crippen molar-refractivity contribution in [2.24, 2.45) is 0 Å². The van der Waals surface area contributed by atoms with Crippen molar-refractivity contribution in [2.45, 2.75) is 32.1 Å². The summed E-state index contributed by atoms with van der Waals surface area (Å²) in [7, 11) is 0. The molecular weight excluding hydrogens is 336 g/mol. The number of piperidine rings is 1. The molecule has 1 aliphatic rings. The molecule has 0 unspecified atom stereocenters. The minimum Gasteiger partial charge on any atom is -0.356 e. The maximum atomic E-state index is 12.6.